The predicted octanol–water partition coefficient (Wildman–Crippen LogP) is 3.33. The van der Waals surface area contributed by atoms with Gasteiger partial charge in [0.1, 0.15) is 5.75 Å². The van der Waals surface area contributed by atoms with Gasteiger partial charge in [-0.2, -0.15) is 0 Å². The minimum absolute atomic E-state index is 0.0339. The fourth-order valence-electron chi connectivity index (χ4n) is 1.72. The van der Waals surface area contributed by atoms with Gasteiger partial charge in [-0.05, 0) is 43.9 Å². The van der Waals surface area contributed by atoms with Crippen molar-refractivity contribution in [1.29, 1.82) is 0 Å². The molecule has 0 aromatic heterocycles. The molecule has 0 saturated carbocycles. The second-order valence-corrected chi connectivity index (χ2v) is 4.79. The van der Waals surface area contributed by atoms with Crippen molar-refractivity contribution in [3.05, 3.63) is 28.8 Å². The fraction of sp³-hybridized carbons (Fsp3) is 0.533. The number of rotatable bonds is 9. The lowest BCUT2D eigenvalue weighted by atomic mass is 10.2. The summed E-state index contributed by atoms with van der Waals surface area (Å²) in [5, 5.41) is 9.47. The molecule has 4 nitrogen and oxygen atoms in total. The first-order valence-corrected chi connectivity index (χ1v) is 7.23. The average Bonchev–Trinajstić information content (AvgIpc) is 2.44. The number of hydrogen-bond donors (Lipinski definition) is 1. The molecule has 0 radical (unpaired) electrons. The summed E-state index contributed by atoms with van der Waals surface area (Å²) in [5.74, 6) is 0.477. The Hall–Kier alpha value is -1.26. The second-order valence-electron chi connectivity index (χ2n) is 4.39. The van der Waals surface area contributed by atoms with Crippen molar-refractivity contribution in [1.82, 2.24) is 0 Å². The Morgan fingerprint density at radius 3 is 2.75 bits per heavy atom. The van der Waals surface area contributed by atoms with Crippen LogP contribution in [-0.4, -0.2) is 24.3 Å². The summed E-state index contributed by atoms with van der Waals surface area (Å²) in [5.41, 5.74) is 0.761. The highest BCUT2D eigenvalue weighted by Crippen LogP contribution is 2.25. The summed E-state index contributed by atoms with van der Waals surface area (Å²) in [4.78, 5) is 11.1. The molecule has 0 unspecified atom stereocenters. The van der Waals surface area contributed by atoms with Gasteiger partial charge in [0.2, 0.25) is 0 Å². The largest absolute Gasteiger partial charge is 0.492 e. The molecule has 0 aliphatic heterocycles. The zero-order valence-electron chi connectivity index (χ0n) is 11.7. The highest BCUT2D eigenvalue weighted by atomic mass is 35.5. The highest BCUT2D eigenvalue weighted by Gasteiger charge is 2.04. The monoisotopic (exact) mass is 300 g/mol. The molecule has 0 bridgehead atoms. The molecule has 0 heterocycles. The van der Waals surface area contributed by atoms with Crippen LogP contribution in [0.5, 0.6) is 5.75 Å². The van der Waals surface area contributed by atoms with Gasteiger partial charge in [-0.1, -0.05) is 17.7 Å². The molecule has 0 fully saturated rings. The Morgan fingerprint density at radius 2 is 2.10 bits per heavy atom. The van der Waals surface area contributed by atoms with E-state index in [0.29, 0.717) is 30.4 Å². The third kappa shape index (κ3) is 6.26. The van der Waals surface area contributed by atoms with Gasteiger partial charge in [0.25, 0.3) is 0 Å². The smallest absolute Gasteiger partial charge is 0.305 e. The van der Waals surface area contributed by atoms with E-state index in [1.807, 2.05) is 0 Å². The van der Waals surface area contributed by atoms with E-state index >= 15 is 0 Å². The molecule has 1 aromatic carbocycles. The molecule has 0 aliphatic rings. The maximum absolute atomic E-state index is 11.1. The lowest BCUT2D eigenvalue weighted by molar-refractivity contribution is -0.143. The van der Waals surface area contributed by atoms with Crippen LogP contribution in [0.2, 0.25) is 5.02 Å². The summed E-state index contributed by atoms with van der Waals surface area (Å²) in [6, 6.07) is 5.23. The van der Waals surface area contributed by atoms with Crippen LogP contribution in [0.3, 0.4) is 0 Å². The van der Waals surface area contributed by atoms with E-state index in [1.165, 1.54) is 0 Å². The van der Waals surface area contributed by atoms with Gasteiger partial charge in [-0.25, -0.2) is 0 Å². The van der Waals surface area contributed by atoms with E-state index in [1.54, 1.807) is 25.1 Å². The Labute approximate surface area is 124 Å². The van der Waals surface area contributed by atoms with Gasteiger partial charge in [0.15, 0.2) is 0 Å². The van der Waals surface area contributed by atoms with Crippen LogP contribution < -0.4 is 4.74 Å². The molecule has 0 spiro atoms. The molecule has 20 heavy (non-hydrogen) atoms. The molecular weight excluding hydrogens is 280 g/mol. The summed E-state index contributed by atoms with van der Waals surface area (Å²) in [7, 11) is 0. The highest BCUT2D eigenvalue weighted by molar-refractivity contribution is 6.32. The van der Waals surface area contributed by atoms with Crippen molar-refractivity contribution in [2.45, 2.75) is 39.2 Å². The fourth-order valence-corrected chi connectivity index (χ4v) is 1.98. The predicted molar refractivity (Wildman–Crippen MR) is 78.0 cm³/mol. The Balaban J connectivity index is 2.17. The van der Waals surface area contributed by atoms with Crippen molar-refractivity contribution < 1.29 is 19.4 Å². The van der Waals surface area contributed by atoms with E-state index in [9.17, 15) is 4.79 Å². The number of aliphatic hydroxyl groups is 1. The number of halogens is 1. The maximum Gasteiger partial charge on any atom is 0.305 e. The molecule has 1 N–H and O–H groups in total. The van der Waals surface area contributed by atoms with Crippen LogP contribution >= 0.6 is 11.6 Å². The molecule has 0 atom stereocenters. The second kappa shape index (κ2) is 9.61. The molecule has 5 heteroatoms. The molecule has 0 saturated heterocycles. The van der Waals surface area contributed by atoms with Gasteiger partial charge >= 0.3 is 5.97 Å². The molecular formula is C15H21ClO4. The first-order valence-electron chi connectivity index (χ1n) is 6.85. The van der Waals surface area contributed by atoms with E-state index in [2.05, 4.69) is 0 Å². The van der Waals surface area contributed by atoms with Crippen LogP contribution in [-0.2, 0) is 16.1 Å². The van der Waals surface area contributed by atoms with Crippen LogP contribution in [0, 0.1) is 0 Å². The van der Waals surface area contributed by atoms with Crippen LogP contribution in [0.25, 0.3) is 0 Å². The number of ether oxygens (including phenoxy) is 2. The van der Waals surface area contributed by atoms with E-state index in [-0.39, 0.29) is 12.6 Å². The number of aliphatic hydroxyl groups excluding tert-OH is 1. The van der Waals surface area contributed by atoms with Crippen LogP contribution in [0.1, 0.15) is 38.2 Å². The number of benzene rings is 1. The number of carbonyl (C=O) groups is 1. The minimum Gasteiger partial charge on any atom is -0.492 e. The first kappa shape index (κ1) is 16.8. The van der Waals surface area contributed by atoms with Crippen molar-refractivity contribution in [2.75, 3.05) is 13.2 Å². The average molecular weight is 301 g/mol. The Kier molecular flexibility index (Phi) is 8.07. The number of esters is 1. The molecule has 1 aromatic rings. The van der Waals surface area contributed by atoms with Crippen molar-refractivity contribution in [3.8, 4) is 5.75 Å². The van der Waals surface area contributed by atoms with Crippen molar-refractivity contribution in [3.63, 3.8) is 0 Å². The number of hydrogen-bond acceptors (Lipinski definition) is 4. The van der Waals surface area contributed by atoms with Gasteiger partial charge in [0.05, 0.1) is 24.8 Å². The summed E-state index contributed by atoms with van der Waals surface area (Å²) in [6.07, 6.45) is 3.03. The summed E-state index contributed by atoms with van der Waals surface area (Å²) < 4.78 is 10.4. The van der Waals surface area contributed by atoms with Crippen molar-refractivity contribution >= 4 is 17.6 Å². The van der Waals surface area contributed by atoms with Gasteiger partial charge in [-0.15, -0.1) is 0 Å². The number of unbranched alkanes of at least 4 members (excludes halogenated alkanes) is 2. The zero-order valence-corrected chi connectivity index (χ0v) is 12.5. The van der Waals surface area contributed by atoms with E-state index in [4.69, 9.17) is 26.2 Å². The maximum atomic E-state index is 11.1. The third-order valence-corrected chi connectivity index (χ3v) is 3.06. The lowest BCUT2D eigenvalue weighted by Crippen LogP contribution is -2.04. The lowest BCUT2D eigenvalue weighted by Gasteiger charge is -2.08. The van der Waals surface area contributed by atoms with Crippen LogP contribution in [0.4, 0.5) is 0 Å². The topological polar surface area (TPSA) is 55.8 Å². The van der Waals surface area contributed by atoms with Gasteiger partial charge < -0.3 is 14.6 Å². The van der Waals surface area contributed by atoms with Crippen LogP contribution in [0.15, 0.2) is 18.2 Å². The van der Waals surface area contributed by atoms with Crippen molar-refractivity contribution in [2.24, 2.45) is 0 Å². The standard InChI is InChI=1S/C15H21ClO4/c1-2-19-15(18)6-4-3-5-9-20-14-8-7-12(11-17)10-13(14)16/h7-8,10,17H,2-6,9,11H2,1H3. The minimum atomic E-state index is -0.143. The third-order valence-electron chi connectivity index (χ3n) is 2.77. The van der Waals surface area contributed by atoms with E-state index in [0.717, 1.165) is 24.8 Å². The normalized spacial score (nSPS) is 10.3. The first-order chi connectivity index (χ1) is 9.67. The zero-order chi connectivity index (χ0) is 14.8. The molecule has 0 aliphatic carbocycles. The quantitative estimate of drug-likeness (QED) is 0.561. The molecule has 0 amide bonds. The molecule has 1 rings (SSSR count). The summed E-state index contributed by atoms with van der Waals surface area (Å²) >= 11 is 6.03. The van der Waals surface area contributed by atoms with Gasteiger partial charge in [0, 0.05) is 6.42 Å². The Morgan fingerprint density at radius 1 is 1.30 bits per heavy atom. The Bertz CT molecular complexity index is 420. The van der Waals surface area contributed by atoms with Gasteiger partial charge in [-0.3, -0.25) is 4.79 Å². The summed E-state index contributed by atoms with van der Waals surface area (Å²) in [6.45, 7) is 2.76. The molecule has 112 valence electrons. The number of carbonyl (C=O) groups excluding carboxylic acids is 1. The van der Waals surface area contributed by atoms with E-state index < -0.39 is 0 Å². The SMILES string of the molecule is CCOC(=O)CCCCCOc1ccc(CO)cc1Cl.